The van der Waals surface area contributed by atoms with Gasteiger partial charge in [-0.1, -0.05) is 40.7 Å². The van der Waals surface area contributed by atoms with Crippen LogP contribution in [0.2, 0.25) is 0 Å². The minimum Gasteiger partial charge on any atom is -0.379 e. The molecule has 1 aliphatic rings. The highest BCUT2D eigenvalue weighted by Crippen LogP contribution is 2.24. The fraction of sp³-hybridized carbons (Fsp3) is 0.727. The van der Waals surface area contributed by atoms with Crippen LogP contribution in [-0.2, 0) is 27.3 Å². The van der Waals surface area contributed by atoms with Gasteiger partial charge in [-0.15, -0.1) is 0 Å². The van der Waals surface area contributed by atoms with Gasteiger partial charge in [-0.05, 0) is 17.5 Å². The van der Waals surface area contributed by atoms with Crippen molar-refractivity contribution < 1.29 is 14.3 Å². The SMILES string of the molecule is CC(C)(C)COCc1cccc(CC(C)(C)C(=O)CCN2CCOCC2)n1. The summed E-state index contributed by atoms with van der Waals surface area (Å²) >= 11 is 0. The molecule has 0 spiro atoms. The normalized spacial score (nSPS) is 16.5. The zero-order chi connectivity index (χ0) is 19.9. The highest BCUT2D eigenvalue weighted by atomic mass is 16.5. The number of rotatable bonds is 9. The fourth-order valence-electron chi connectivity index (χ4n) is 3.14. The number of nitrogens with zero attached hydrogens (tertiary/aromatic N) is 2. The van der Waals surface area contributed by atoms with Gasteiger partial charge in [0.05, 0.1) is 32.1 Å². The Kier molecular flexibility index (Phi) is 7.95. The van der Waals surface area contributed by atoms with Crippen LogP contribution < -0.4 is 0 Å². The highest BCUT2D eigenvalue weighted by molar-refractivity contribution is 5.84. The van der Waals surface area contributed by atoms with Crippen molar-refractivity contribution in [3.8, 4) is 0 Å². The summed E-state index contributed by atoms with van der Waals surface area (Å²) in [7, 11) is 0. The molecule has 0 aliphatic carbocycles. The molecule has 1 fully saturated rings. The Bertz CT molecular complexity index is 602. The lowest BCUT2D eigenvalue weighted by Gasteiger charge is -2.28. The Morgan fingerprint density at radius 2 is 1.81 bits per heavy atom. The molecular weight excluding hydrogens is 340 g/mol. The van der Waals surface area contributed by atoms with Crippen molar-refractivity contribution in [2.75, 3.05) is 39.5 Å². The molecule has 1 aromatic rings. The number of carbonyl (C=O) groups is 1. The average Bonchev–Trinajstić information content (AvgIpc) is 2.59. The van der Waals surface area contributed by atoms with Gasteiger partial charge in [0.15, 0.2) is 0 Å². The van der Waals surface area contributed by atoms with Gasteiger partial charge in [0, 0.05) is 43.6 Å². The van der Waals surface area contributed by atoms with E-state index in [9.17, 15) is 4.79 Å². The third-order valence-electron chi connectivity index (χ3n) is 4.79. The van der Waals surface area contributed by atoms with Gasteiger partial charge < -0.3 is 9.47 Å². The summed E-state index contributed by atoms with van der Waals surface area (Å²) < 4.78 is 11.1. The highest BCUT2D eigenvalue weighted by Gasteiger charge is 2.28. The summed E-state index contributed by atoms with van der Waals surface area (Å²) in [5.74, 6) is 0.296. The van der Waals surface area contributed by atoms with Gasteiger partial charge in [0.25, 0.3) is 0 Å². The molecule has 0 saturated carbocycles. The molecule has 0 amide bonds. The number of carbonyl (C=O) groups excluding carboxylic acids is 1. The molecule has 2 rings (SSSR count). The van der Waals surface area contributed by atoms with E-state index in [4.69, 9.17) is 14.5 Å². The number of hydrogen-bond acceptors (Lipinski definition) is 5. The zero-order valence-electron chi connectivity index (χ0n) is 17.7. The molecule has 5 nitrogen and oxygen atoms in total. The smallest absolute Gasteiger partial charge is 0.140 e. The van der Waals surface area contributed by atoms with Gasteiger partial charge in [0.1, 0.15) is 5.78 Å². The molecule has 0 aromatic carbocycles. The molecule has 2 heterocycles. The van der Waals surface area contributed by atoms with Crippen LogP contribution in [0.25, 0.3) is 0 Å². The second-order valence-electron chi connectivity index (χ2n) is 9.36. The Hall–Kier alpha value is -1.30. The Morgan fingerprint density at radius 1 is 1.15 bits per heavy atom. The monoisotopic (exact) mass is 376 g/mol. The second-order valence-corrected chi connectivity index (χ2v) is 9.36. The molecule has 0 N–H and O–H groups in total. The maximum atomic E-state index is 12.8. The molecule has 0 bridgehead atoms. The topological polar surface area (TPSA) is 51.7 Å². The summed E-state index contributed by atoms with van der Waals surface area (Å²) in [6.07, 6.45) is 1.24. The summed E-state index contributed by atoms with van der Waals surface area (Å²) in [6, 6.07) is 6.00. The van der Waals surface area contributed by atoms with Crippen molar-refractivity contribution in [3.05, 3.63) is 29.6 Å². The first kappa shape index (κ1) is 22.0. The Labute approximate surface area is 164 Å². The van der Waals surface area contributed by atoms with Crippen LogP contribution in [0, 0.1) is 10.8 Å². The van der Waals surface area contributed by atoms with Crippen molar-refractivity contribution in [3.63, 3.8) is 0 Å². The van der Waals surface area contributed by atoms with Crippen LogP contribution in [0.1, 0.15) is 52.4 Å². The zero-order valence-corrected chi connectivity index (χ0v) is 17.7. The minimum atomic E-state index is -0.413. The van der Waals surface area contributed by atoms with E-state index < -0.39 is 5.41 Å². The first-order valence-corrected chi connectivity index (χ1v) is 10.0. The average molecular weight is 377 g/mol. The van der Waals surface area contributed by atoms with E-state index in [1.54, 1.807) is 0 Å². The first-order chi connectivity index (χ1) is 12.7. The Morgan fingerprint density at radius 3 is 2.48 bits per heavy atom. The largest absolute Gasteiger partial charge is 0.379 e. The van der Waals surface area contributed by atoms with Crippen LogP contribution in [0.5, 0.6) is 0 Å². The van der Waals surface area contributed by atoms with E-state index in [0.29, 0.717) is 31.8 Å². The van der Waals surface area contributed by atoms with Crippen LogP contribution in [0.4, 0.5) is 0 Å². The molecular formula is C22H36N2O3. The van der Waals surface area contributed by atoms with E-state index in [2.05, 4.69) is 25.7 Å². The number of Topliss-reactive ketones (excluding diaryl/α,β-unsaturated/α-hetero) is 1. The van der Waals surface area contributed by atoms with Crippen LogP contribution in [0.3, 0.4) is 0 Å². The maximum absolute atomic E-state index is 12.8. The van der Waals surface area contributed by atoms with E-state index in [-0.39, 0.29) is 5.41 Å². The molecule has 0 radical (unpaired) electrons. The van der Waals surface area contributed by atoms with Crippen LogP contribution in [0.15, 0.2) is 18.2 Å². The van der Waals surface area contributed by atoms with Crippen molar-refractivity contribution in [1.82, 2.24) is 9.88 Å². The first-order valence-electron chi connectivity index (χ1n) is 10.0. The minimum absolute atomic E-state index is 0.145. The molecule has 0 atom stereocenters. The fourth-order valence-corrected chi connectivity index (χ4v) is 3.14. The summed E-state index contributed by atoms with van der Waals surface area (Å²) in [6.45, 7) is 15.9. The lowest BCUT2D eigenvalue weighted by atomic mass is 9.81. The molecule has 152 valence electrons. The number of pyridine rings is 1. The molecule has 1 saturated heterocycles. The van der Waals surface area contributed by atoms with Crippen molar-refractivity contribution >= 4 is 5.78 Å². The molecule has 1 aromatic heterocycles. The van der Waals surface area contributed by atoms with Crippen LogP contribution >= 0.6 is 0 Å². The quantitative estimate of drug-likeness (QED) is 0.660. The molecule has 5 heteroatoms. The summed E-state index contributed by atoms with van der Waals surface area (Å²) in [5.41, 5.74) is 1.61. The Balaban J connectivity index is 1.85. The number of ketones is 1. The summed E-state index contributed by atoms with van der Waals surface area (Å²) in [4.78, 5) is 19.8. The van der Waals surface area contributed by atoms with Crippen LogP contribution in [-0.4, -0.2) is 55.1 Å². The third-order valence-corrected chi connectivity index (χ3v) is 4.79. The number of morpholine rings is 1. The van der Waals surface area contributed by atoms with Gasteiger partial charge in [0.2, 0.25) is 0 Å². The third kappa shape index (κ3) is 8.08. The second kappa shape index (κ2) is 9.76. The molecule has 1 aliphatic heterocycles. The van der Waals surface area contributed by atoms with Crippen molar-refractivity contribution in [2.24, 2.45) is 10.8 Å². The number of hydrogen-bond donors (Lipinski definition) is 0. The van der Waals surface area contributed by atoms with E-state index >= 15 is 0 Å². The van der Waals surface area contributed by atoms with Gasteiger partial charge in [-0.25, -0.2) is 0 Å². The standard InChI is InChI=1S/C22H36N2O3/c1-21(2,3)17-27-16-19-8-6-7-18(23-19)15-22(4,5)20(25)9-10-24-11-13-26-14-12-24/h6-8H,9-17H2,1-5H3. The van der Waals surface area contributed by atoms with Crippen molar-refractivity contribution in [2.45, 2.75) is 54.1 Å². The van der Waals surface area contributed by atoms with Gasteiger partial charge in [-0.2, -0.15) is 0 Å². The van der Waals surface area contributed by atoms with Gasteiger partial charge >= 0.3 is 0 Å². The predicted molar refractivity (Wildman–Crippen MR) is 108 cm³/mol. The predicted octanol–water partition coefficient (Wildman–Crippen LogP) is 3.50. The lowest BCUT2D eigenvalue weighted by molar-refractivity contribution is -0.127. The van der Waals surface area contributed by atoms with E-state index in [1.807, 2.05) is 32.0 Å². The number of aromatic nitrogens is 1. The van der Waals surface area contributed by atoms with E-state index in [1.165, 1.54) is 0 Å². The lowest BCUT2D eigenvalue weighted by Crippen LogP contribution is -2.39. The van der Waals surface area contributed by atoms with Crippen molar-refractivity contribution in [1.29, 1.82) is 0 Å². The summed E-state index contributed by atoms with van der Waals surface area (Å²) in [5, 5.41) is 0. The maximum Gasteiger partial charge on any atom is 0.140 e. The number of ether oxygens (including phenoxy) is 2. The van der Waals surface area contributed by atoms with E-state index in [0.717, 1.165) is 44.2 Å². The van der Waals surface area contributed by atoms with Gasteiger partial charge in [-0.3, -0.25) is 14.7 Å². The molecule has 0 unspecified atom stereocenters. The molecule has 27 heavy (non-hydrogen) atoms.